The molecule has 1 unspecified atom stereocenters. The van der Waals surface area contributed by atoms with Crippen molar-refractivity contribution in [1.29, 1.82) is 0 Å². The third kappa shape index (κ3) is 5.13. The first-order valence-electron chi connectivity index (χ1n) is 7.10. The molecular weight excluding hydrogens is 334 g/mol. The molecule has 2 rings (SSSR count). The highest BCUT2D eigenvalue weighted by Crippen LogP contribution is 2.19. The molecule has 0 spiro atoms. The molecule has 1 atom stereocenters. The summed E-state index contributed by atoms with van der Waals surface area (Å²) in [5.41, 5.74) is 1.73. The molecule has 5 nitrogen and oxygen atoms in total. The van der Waals surface area contributed by atoms with Crippen molar-refractivity contribution in [2.24, 2.45) is 0 Å². The maximum absolute atomic E-state index is 11.8. The van der Waals surface area contributed by atoms with Gasteiger partial charge in [-0.25, -0.2) is 0 Å². The van der Waals surface area contributed by atoms with Crippen LogP contribution in [0.3, 0.4) is 0 Å². The van der Waals surface area contributed by atoms with E-state index in [1.54, 1.807) is 0 Å². The molecule has 21 heavy (non-hydrogen) atoms. The topological polar surface area (TPSA) is 70.2 Å². The van der Waals surface area contributed by atoms with Crippen molar-refractivity contribution in [3.05, 3.63) is 28.2 Å². The molecule has 1 heterocycles. The predicted molar refractivity (Wildman–Crippen MR) is 86.2 cm³/mol. The van der Waals surface area contributed by atoms with E-state index in [1.165, 1.54) is 0 Å². The first-order valence-corrected chi connectivity index (χ1v) is 7.90. The number of aryl methyl sites for hydroxylation is 1. The Kier molecular flexibility index (Phi) is 5.76. The Morgan fingerprint density at radius 3 is 2.86 bits per heavy atom. The molecule has 0 saturated carbocycles. The quantitative estimate of drug-likeness (QED) is 0.757. The van der Waals surface area contributed by atoms with E-state index in [0.29, 0.717) is 6.42 Å². The first kappa shape index (κ1) is 16.0. The predicted octanol–water partition coefficient (Wildman–Crippen LogP) is 1.95. The number of halogens is 1. The summed E-state index contributed by atoms with van der Waals surface area (Å²) in [5, 5.41) is 8.72. The van der Waals surface area contributed by atoms with Gasteiger partial charge in [-0.3, -0.25) is 9.59 Å². The van der Waals surface area contributed by atoms with Gasteiger partial charge in [0.25, 0.3) is 0 Å². The molecule has 0 bridgehead atoms. The molecule has 1 fully saturated rings. The number of amides is 2. The van der Waals surface area contributed by atoms with Gasteiger partial charge in [0.1, 0.15) is 0 Å². The lowest BCUT2D eigenvalue weighted by Crippen LogP contribution is -2.36. The molecule has 2 amide bonds. The van der Waals surface area contributed by atoms with Crippen LogP contribution >= 0.6 is 15.9 Å². The minimum absolute atomic E-state index is 0.00105. The molecule has 0 aliphatic carbocycles. The number of anilines is 1. The van der Waals surface area contributed by atoms with Crippen molar-refractivity contribution >= 4 is 33.4 Å². The molecule has 1 aromatic carbocycles. The molecule has 1 saturated heterocycles. The van der Waals surface area contributed by atoms with Crippen LogP contribution in [-0.4, -0.2) is 30.9 Å². The van der Waals surface area contributed by atoms with Crippen LogP contribution in [-0.2, 0) is 9.59 Å². The zero-order chi connectivity index (χ0) is 15.2. The van der Waals surface area contributed by atoms with Gasteiger partial charge in [0, 0.05) is 22.6 Å². The Morgan fingerprint density at radius 1 is 1.38 bits per heavy atom. The third-order valence-corrected chi connectivity index (χ3v) is 4.00. The summed E-state index contributed by atoms with van der Waals surface area (Å²) in [6.45, 7) is 2.90. The summed E-state index contributed by atoms with van der Waals surface area (Å²) < 4.78 is 0.968. The van der Waals surface area contributed by atoms with Crippen LogP contribution in [0.15, 0.2) is 22.7 Å². The number of carbonyl (C=O) groups is 2. The summed E-state index contributed by atoms with van der Waals surface area (Å²) in [6.07, 6.45) is 2.57. The lowest BCUT2D eigenvalue weighted by atomic mass is 10.1. The van der Waals surface area contributed by atoms with Gasteiger partial charge < -0.3 is 16.0 Å². The highest BCUT2D eigenvalue weighted by molar-refractivity contribution is 9.10. The second kappa shape index (κ2) is 7.56. The van der Waals surface area contributed by atoms with Crippen molar-refractivity contribution in [3.63, 3.8) is 0 Å². The Labute approximate surface area is 133 Å². The second-order valence-corrected chi connectivity index (χ2v) is 6.20. The number of hydrogen-bond acceptors (Lipinski definition) is 3. The molecule has 1 aliphatic rings. The van der Waals surface area contributed by atoms with Gasteiger partial charge >= 0.3 is 0 Å². The van der Waals surface area contributed by atoms with Crippen LogP contribution < -0.4 is 16.0 Å². The monoisotopic (exact) mass is 353 g/mol. The van der Waals surface area contributed by atoms with Crippen LogP contribution in [0.1, 0.15) is 24.8 Å². The Balaban J connectivity index is 1.75. The van der Waals surface area contributed by atoms with E-state index >= 15 is 0 Å². The lowest BCUT2D eigenvalue weighted by molar-refractivity contribution is -0.124. The Hall–Kier alpha value is -1.40. The summed E-state index contributed by atoms with van der Waals surface area (Å²) in [6, 6.07) is 5.89. The van der Waals surface area contributed by atoms with Gasteiger partial charge in [0.05, 0.1) is 6.54 Å². The minimum Gasteiger partial charge on any atom is -0.347 e. The largest absolute Gasteiger partial charge is 0.347 e. The van der Waals surface area contributed by atoms with Crippen molar-refractivity contribution in [2.75, 3.05) is 18.4 Å². The van der Waals surface area contributed by atoms with Crippen LogP contribution in [0.5, 0.6) is 0 Å². The molecule has 1 aliphatic heterocycles. The summed E-state index contributed by atoms with van der Waals surface area (Å²) in [4.78, 5) is 23.6. The Morgan fingerprint density at radius 2 is 2.19 bits per heavy atom. The molecule has 1 aromatic rings. The van der Waals surface area contributed by atoms with E-state index in [4.69, 9.17) is 0 Å². The second-order valence-electron chi connectivity index (χ2n) is 5.28. The Bertz CT molecular complexity index is 528. The number of rotatable bonds is 5. The maximum Gasteiger partial charge on any atom is 0.243 e. The van der Waals surface area contributed by atoms with Crippen molar-refractivity contribution < 1.29 is 9.59 Å². The van der Waals surface area contributed by atoms with E-state index in [9.17, 15) is 9.59 Å². The number of nitrogens with one attached hydrogen (secondary N) is 3. The molecule has 114 valence electrons. The van der Waals surface area contributed by atoms with Crippen molar-refractivity contribution in [1.82, 2.24) is 10.6 Å². The molecule has 3 N–H and O–H groups in total. The van der Waals surface area contributed by atoms with Gasteiger partial charge in [-0.15, -0.1) is 0 Å². The molecule has 6 heteroatoms. The van der Waals surface area contributed by atoms with Crippen LogP contribution in [0, 0.1) is 6.92 Å². The third-order valence-electron chi connectivity index (χ3n) is 3.50. The fourth-order valence-electron chi connectivity index (χ4n) is 2.37. The molecular formula is C15H20BrN3O2. The number of carbonyl (C=O) groups excluding carboxylic acids is 2. The van der Waals surface area contributed by atoms with Crippen LogP contribution in [0.25, 0.3) is 0 Å². The van der Waals surface area contributed by atoms with E-state index < -0.39 is 0 Å². The fraction of sp³-hybridized carbons (Fsp3) is 0.467. The van der Waals surface area contributed by atoms with E-state index in [-0.39, 0.29) is 24.4 Å². The normalized spacial score (nSPS) is 17.5. The maximum atomic E-state index is 11.8. The highest BCUT2D eigenvalue weighted by atomic mass is 79.9. The van der Waals surface area contributed by atoms with Crippen LogP contribution in [0.2, 0.25) is 0 Å². The first-order chi connectivity index (χ1) is 10.0. The molecule has 0 radical (unpaired) electrons. The SMILES string of the molecule is Cc1cc(Br)ccc1NC(=O)CNC(=O)CC1CCCN1. The average molecular weight is 354 g/mol. The fourth-order valence-corrected chi connectivity index (χ4v) is 2.84. The standard InChI is InChI=1S/C15H20BrN3O2/c1-10-7-11(16)4-5-13(10)19-15(21)9-18-14(20)8-12-3-2-6-17-12/h4-5,7,12,17H,2-3,6,8-9H2,1H3,(H,18,20)(H,19,21). The lowest BCUT2D eigenvalue weighted by Gasteiger charge is -2.11. The van der Waals surface area contributed by atoms with Gasteiger partial charge in [-0.05, 0) is 50.1 Å². The summed E-state index contributed by atoms with van der Waals surface area (Å²) >= 11 is 3.38. The minimum atomic E-state index is -0.215. The van der Waals surface area contributed by atoms with Crippen LogP contribution in [0.4, 0.5) is 5.69 Å². The summed E-state index contributed by atoms with van der Waals surface area (Å²) in [7, 11) is 0. The molecule has 0 aromatic heterocycles. The van der Waals surface area contributed by atoms with Gasteiger partial charge in [-0.1, -0.05) is 15.9 Å². The van der Waals surface area contributed by atoms with E-state index in [1.807, 2.05) is 25.1 Å². The summed E-state index contributed by atoms with van der Waals surface area (Å²) in [5.74, 6) is -0.301. The average Bonchev–Trinajstić information content (AvgIpc) is 2.92. The number of hydrogen-bond donors (Lipinski definition) is 3. The van der Waals surface area contributed by atoms with E-state index in [2.05, 4.69) is 31.9 Å². The van der Waals surface area contributed by atoms with Crippen molar-refractivity contribution in [3.8, 4) is 0 Å². The van der Waals surface area contributed by atoms with E-state index in [0.717, 1.165) is 35.1 Å². The van der Waals surface area contributed by atoms with Gasteiger partial charge in [-0.2, -0.15) is 0 Å². The van der Waals surface area contributed by atoms with Gasteiger partial charge in [0.2, 0.25) is 11.8 Å². The van der Waals surface area contributed by atoms with Gasteiger partial charge in [0.15, 0.2) is 0 Å². The zero-order valence-corrected chi connectivity index (χ0v) is 13.6. The smallest absolute Gasteiger partial charge is 0.243 e. The zero-order valence-electron chi connectivity index (χ0n) is 12.0. The number of benzene rings is 1. The van der Waals surface area contributed by atoms with Crippen molar-refractivity contribution in [2.45, 2.75) is 32.2 Å². The highest BCUT2D eigenvalue weighted by Gasteiger charge is 2.17.